The standard InChI is InChI=1S/C23H30N2O3S/c1-25-13-11-22(12-14-25)28-21-9-3-18(4-10-21)15-24-23(26)17-29-16-19-5-7-20(27-2)8-6-19/h3-10,22H,11-17H2,1-2H3,(H,24,26). The number of carbonyl (C=O) groups excluding carboxylic acids is 1. The minimum absolute atomic E-state index is 0.0511. The Kier molecular flexibility index (Phi) is 8.25. The number of nitrogens with zero attached hydrogens (tertiary/aromatic N) is 1. The highest BCUT2D eigenvalue weighted by Crippen LogP contribution is 2.19. The molecule has 6 heteroatoms. The number of hydrogen-bond acceptors (Lipinski definition) is 5. The molecule has 2 aromatic rings. The van der Waals surface area contributed by atoms with E-state index in [1.165, 1.54) is 5.56 Å². The first-order chi connectivity index (χ1) is 14.1. The smallest absolute Gasteiger partial charge is 0.230 e. The molecule has 1 N–H and O–H groups in total. The maximum atomic E-state index is 12.1. The third-order valence-electron chi connectivity index (χ3n) is 5.04. The molecular weight excluding hydrogens is 384 g/mol. The highest BCUT2D eigenvalue weighted by molar-refractivity contribution is 7.99. The van der Waals surface area contributed by atoms with E-state index in [9.17, 15) is 4.79 Å². The van der Waals surface area contributed by atoms with Gasteiger partial charge in [0.2, 0.25) is 5.91 Å². The monoisotopic (exact) mass is 414 g/mol. The van der Waals surface area contributed by atoms with Crippen LogP contribution in [0.4, 0.5) is 0 Å². The van der Waals surface area contributed by atoms with E-state index in [1.54, 1.807) is 18.9 Å². The fraction of sp³-hybridized carbons (Fsp3) is 0.435. The Labute approximate surface area is 177 Å². The molecule has 1 aliphatic rings. The van der Waals surface area contributed by atoms with E-state index >= 15 is 0 Å². The number of amides is 1. The summed E-state index contributed by atoms with van der Waals surface area (Å²) < 4.78 is 11.2. The molecule has 0 unspecified atom stereocenters. The van der Waals surface area contributed by atoms with E-state index in [-0.39, 0.29) is 5.91 Å². The Bertz CT molecular complexity index is 757. The third-order valence-corrected chi connectivity index (χ3v) is 6.05. The van der Waals surface area contributed by atoms with Crippen LogP contribution < -0.4 is 14.8 Å². The molecule has 3 rings (SSSR count). The number of likely N-dealkylation sites (tertiary alicyclic amines) is 1. The van der Waals surface area contributed by atoms with Gasteiger partial charge in [0.15, 0.2) is 0 Å². The number of ether oxygens (including phenoxy) is 2. The number of benzene rings is 2. The number of piperidine rings is 1. The van der Waals surface area contributed by atoms with Gasteiger partial charge >= 0.3 is 0 Å². The van der Waals surface area contributed by atoms with E-state index in [2.05, 4.69) is 17.3 Å². The van der Waals surface area contributed by atoms with Gasteiger partial charge in [-0.15, -0.1) is 11.8 Å². The van der Waals surface area contributed by atoms with Crippen molar-refractivity contribution in [2.75, 3.05) is 33.0 Å². The highest BCUT2D eigenvalue weighted by Gasteiger charge is 2.17. The molecule has 156 valence electrons. The molecule has 1 saturated heterocycles. The summed E-state index contributed by atoms with van der Waals surface area (Å²) in [5.74, 6) is 3.06. The van der Waals surface area contributed by atoms with Crippen LogP contribution in [0.2, 0.25) is 0 Å². The summed E-state index contributed by atoms with van der Waals surface area (Å²) in [7, 11) is 3.81. The molecule has 5 nitrogen and oxygen atoms in total. The average Bonchev–Trinajstić information content (AvgIpc) is 2.75. The Hall–Kier alpha value is -2.18. The predicted octanol–water partition coefficient (Wildman–Crippen LogP) is 3.72. The summed E-state index contributed by atoms with van der Waals surface area (Å²) in [6, 6.07) is 16.0. The molecule has 0 atom stereocenters. The Balaban J connectivity index is 1.34. The largest absolute Gasteiger partial charge is 0.497 e. The lowest BCUT2D eigenvalue weighted by Crippen LogP contribution is -2.35. The van der Waals surface area contributed by atoms with Crippen molar-refractivity contribution >= 4 is 17.7 Å². The van der Waals surface area contributed by atoms with Crippen LogP contribution in [-0.4, -0.2) is 49.9 Å². The second-order valence-electron chi connectivity index (χ2n) is 7.38. The molecule has 1 heterocycles. The average molecular weight is 415 g/mol. The van der Waals surface area contributed by atoms with Crippen LogP contribution in [-0.2, 0) is 17.1 Å². The maximum Gasteiger partial charge on any atom is 0.230 e. The zero-order chi connectivity index (χ0) is 20.5. The number of hydrogen-bond donors (Lipinski definition) is 1. The van der Waals surface area contributed by atoms with Crippen LogP contribution in [0, 0.1) is 0 Å². The van der Waals surface area contributed by atoms with Crippen molar-refractivity contribution in [3.8, 4) is 11.5 Å². The molecular formula is C23H30N2O3S. The molecule has 2 aromatic carbocycles. The summed E-state index contributed by atoms with van der Waals surface area (Å²) >= 11 is 1.61. The van der Waals surface area contributed by atoms with Gasteiger partial charge in [0.25, 0.3) is 0 Å². The second kappa shape index (κ2) is 11.1. The number of thioether (sulfide) groups is 1. The summed E-state index contributed by atoms with van der Waals surface area (Å²) in [6.45, 7) is 2.72. The lowest BCUT2D eigenvalue weighted by Gasteiger charge is -2.29. The molecule has 29 heavy (non-hydrogen) atoms. The molecule has 0 bridgehead atoms. The second-order valence-corrected chi connectivity index (χ2v) is 8.37. The zero-order valence-corrected chi connectivity index (χ0v) is 18.0. The van der Waals surface area contributed by atoms with E-state index in [0.29, 0.717) is 18.4 Å². The number of carbonyl (C=O) groups is 1. The summed E-state index contributed by atoms with van der Waals surface area (Å²) in [5, 5.41) is 2.98. The highest BCUT2D eigenvalue weighted by atomic mass is 32.2. The van der Waals surface area contributed by atoms with Crippen LogP contribution in [0.5, 0.6) is 11.5 Å². The van der Waals surface area contributed by atoms with Gasteiger partial charge in [-0.2, -0.15) is 0 Å². The van der Waals surface area contributed by atoms with E-state index in [4.69, 9.17) is 9.47 Å². The van der Waals surface area contributed by atoms with Crippen molar-refractivity contribution in [3.05, 3.63) is 59.7 Å². The van der Waals surface area contributed by atoms with Crippen LogP contribution >= 0.6 is 11.8 Å². The van der Waals surface area contributed by atoms with Gasteiger partial charge in [0.05, 0.1) is 12.9 Å². The minimum Gasteiger partial charge on any atom is -0.497 e. The van der Waals surface area contributed by atoms with Crippen molar-refractivity contribution in [3.63, 3.8) is 0 Å². The fourth-order valence-electron chi connectivity index (χ4n) is 3.22. The van der Waals surface area contributed by atoms with E-state index in [1.807, 2.05) is 48.5 Å². The van der Waals surface area contributed by atoms with Crippen molar-refractivity contribution in [1.29, 1.82) is 0 Å². The molecule has 0 radical (unpaired) electrons. The quantitative estimate of drug-likeness (QED) is 0.678. The van der Waals surface area contributed by atoms with Crippen molar-refractivity contribution in [2.24, 2.45) is 0 Å². The van der Waals surface area contributed by atoms with E-state index < -0.39 is 0 Å². The fourth-order valence-corrected chi connectivity index (χ4v) is 4.03. The third kappa shape index (κ3) is 7.29. The van der Waals surface area contributed by atoms with Gasteiger partial charge in [0.1, 0.15) is 17.6 Å². The summed E-state index contributed by atoms with van der Waals surface area (Å²) in [5.41, 5.74) is 2.26. The molecule has 1 aliphatic heterocycles. The first-order valence-electron chi connectivity index (χ1n) is 10.0. The lowest BCUT2D eigenvalue weighted by atomic mass is 10.1. The molecule has 1 amide bonds. The Morgan fingerprint density at radius 1 is 1.03 bits per heavy atom. The molecule has 1 fully saturated rings. The van der Waals surface area contributed by atoms with Gasteiger partial charge in [-0.1, -0.05) is 24.3 Å². The van der Waals surface area contributed by atoms with Crippen LogP contribution in [0.1, 0.15) is 24.0 Å². The lowest BCUT2D eigenvalue weighted by molar-refractivity contribution is -0.118. The van der Waals surface area contributed by atoms with Crippen molar-refractivity contribution in [1.82, 2.24) is 10.2 Å². The Morgan fingerprint density at radius 3 is 2.31 bits per heavy atom. The van der Waals surface area contributed by atoms with Crippen LogP contribution in [0.25, 0.3) is 0 Å². The molecule has 0 aromatic heterocycles. The van der Waals surface area contributed by atoms with Gasteiger partial charge < -0.3 is 19.7 Å². The first-order valence-corrected chi connectivity index (χ1v) is 11.2. The van der Waals surface area contributed by atoms with Crippen molar-refractivity contribution in [2.45, 2.75) is 31.2 Å². The number of rotatable bonds is 9. The molecule has 0 spiro atoms. The first kappa shape index (κ1) is 21.5. The van der Waals surface area contributed by atoms with Gasteiger partial charge in [-0.3, -0.25) is 4.79 Å². The molecule has 0 aliphatic carbocycles. The van der Waals surface area contributed by atoms with Crippen LogP contribution in [0.3, 0.4) is 0 Å². The van der Waals surface area contributed by atoms with Gasteiger partial charge in [-0.05, 0) is 55.3 Å². The zero-order valence-electron chi connectivity index (χ0n) is 17.2. The summed E-state index contributed by atoms with van der Waals surface area (Å²) in [4.78, 5) is 14.4. The number of methoxy groups -OCH3 is 1. The van der Waals surface area contributed by atoms with E-state index in [0.717, 1.165) is 48.7 Å². The minimum atomic E-state index is 0.0511. The SMILES string of the molecule is COc1ccc(CSCC(=O)NCc2ccc(OC3CCN(C)CC3)cc2)cc1. The molecule has 0 saturated carbocycles. The topological polar surface area (TPSA) is 50.8 Å². The number of nitrogens with one attached hydrogen (secondary N) is 1. The van der Waals surface area contributed by atoms with Crippen LogP contribution in [0.15, 0.2) is 48.5 Å². The predicted molar refractivity (Wildman–Crippen MR) is 119 cm³/mol. The Morgan fingerprint density at radius 2 is 1.66 bits per heavy atom. The van der Waals surface area contributed by atoms with Gasteiger partial charge in [-0.25, -0.2) is 0 Å². The normalized spacial score (nSPS) is 15.1. The van der Waals surface area contributed by atoms with Gasteiger partial charge in [0, 0.05) is 25.4 Å². The van der Waals surface area contributed by atoms with Crippen molar-refractivity contribution < 1.29 is 14.3 Å². The summed E-state index contributed by atoms with van der Waals surface area (Å²) in [6.07, 6.45) is 2.45. The maximum absolute atomic E-state index is 12.1.